The zero-order valence-corrected chi connectivity index (χ0v) is 17.3. The SMILES string of the molecule is COc1cnc(CSc2ccccc2)cc1OCC(=O)Nc1ccccc1C(F)(F)F. The molecule has 1 heterocycles. The number of anilines is 1. The van der Waals surface area contributed by atoms with Gasteiger partial charge in [-0.2, -0.15) is 13.2 Å². The summed E-state index contributed by atoms with van der Waals surface area (Å²) in [4.78, 5) is 17.6. The van der Waals surface area contributed by atoms with E-state index < -0.39 is 24.3 Å². The van der Waals surface area contributed by atoms with E-state index in [9.17, 15) is 18.0 Å². The number of benzene rings is 2. The summed E-state index contributed by atoms with van der Waals surface area (Å²) >= 11 is 1.58. The number of halogens is 3. The average Bonchev–Trinajstić information content (AvgIpc) is 2.76. The van der Waals surface area contributed by atoms with E-state index in [0.29, 0.717) is 17.2 Å². The van der Waals surface area contributed by atoms with Crippen molar-refractivity contribution < 1.29 is 27.4 Å². The lowest BCUT2D eigenvalue weighted by Crippen LogP contribution is -2.22. The van der Waals surface area contributed by atoms with Gasteiger partial charge in [0.2, 0.25) is 0 Å². The van der Waals surface area contributed by atoms with Crippen LogP contribution in [0.5, 0.6) is 11.5 Å². The molecule has 0 saturated carbocycles. The summed E-state index contributed by atoms with van der Waals surface area (Å²) in [7, 11) is 1.43. The standard InChI is InChI=1S/C22H19F3N2O3S/c1-29-20-12-26-15(14-31-16-7-3-2-4-8-16)11-19(20)30-13-21(28)27-18-10-6-5-9-17(18)22(23,24)25/h2-12H,13-14H2,1H3,(H,27,28). The smallest absolute Gasteiger partial charge is 0.418 e. The Morgan fingerprint density at radius 2 is 1.77 bits per heavy atom. The molecule has 2 aromatic carbocycles. The van der Waals surface area contributed by atoms with Gasteiger partial charge < -0.3 is 14.8 Å². The predicted molar refractivity (Wildman–Crippen MR) is 112 cm³/mol. The number of amides is 1. The highest BCUT2D eigenvalue weighted by Crippen LogP contribution is 2.34. The molecule has 162 valence electrons. The third-order valence-electron chi connectivity index (χ3n) is 4.10. The van der Waals surface area contributed by atoms with Crippen molar-refractivity contribution in [1.82, 2.24) is 4.98 Å². The zero-order chi connectivity index (χ0) is 22.3. The lowest BCUT2D eigenvalue weighted by molar-refractivity contribution is -0.137. The number of carbonyl (C=O) groups is 1. The minimum absolute atomic E-state index is 0.278. The molecule has 0 spiro atoms. The molecule has 3 rings (SSSR count). The van der Waals surface area contributed by atoms with E-state index in [-0.39, 0.29) is 11.4 Å². The van der Waals surface area contributed by atoms with Gasteiger partial charge in [0.1, 0.15) is 0 Å². The van der Waals surface area contributed by atoms with Crippen LogP contribution >= 0.6 is 11.8 Å². The minimum Gasteiger partial charge on any atom is -0.491 e. The van der Waals surface area contributed by atoms with Gasteiger partial charge in [-0.1, -0.05) is 30.3 Å². The second kappa shape index (κ2) is 10.2. The number of aromatic nitrogens is 1. The molecule has 0 radical (unpaired) electrons. The monoisotopic (exact) mass is 448 g/mol. The van der Waals surface area contributed by atoms with Crippen molar-refractivity contribution in [2.45, 2.75) is 16.8 Å². The quantitative estimate of drug-likeness (QED) is 0.467. The first-order chi connectivity index (χ1) is 14.9. The molecule has 0 bridgehead atoms. The predicted octanol–water partition coefficient (Wildman–Crippen LogP) is 5.42. The van der Waals surface area contributed by atoms with Crippen LogP contribution in [0.1, 0.15) is 11.3 Å². The van der Waals surface area contributed by atoms with Crippen LogP contribution in [0.3, 0.4) is 0 Å². The third-order valence-corrected chi connectivity index (χ3v) is 5.15. The summed E-state index contributed by atoms with van der Waals surface area (Å²) in [6, 6.07) is 16.2. The zero-order valence-electron chi connectivity index (χ0n) is 16.5. The Bertz CT molecular complexity index is 1030. The molecular formula is C22H19F3N2O3S. The van der Waals surface area contributed by atoms with Gasteiger partial charge in [0.05, 0.1) is 30.3 Å². The number of hydrogen-bond acceptors (Lipinski definition) is 5. The number of methoxy groups -OCH3 is 1. The molecule has 0 fully saturated rings. The van der Waals surface area contributed by atoms with Crippen molar-refractivity contribution in [3.8, 4) is 11.5 Å². The number of carbonyl (C=O) groups excluding carboxylic acids is 1. The van der Waals surface area contributed by atoms with Gasteiger partial charge in [0.25, 0.3) is 5.91 Å². The van der Waals surface area contributed by atoms with E-state index in [2.05, 4.69) is 10.3 Å². The third kappa shape index (κ3) is 6.39. The summed E-state index contributed by atoms with van der Waals surface area (Å²) in [5, 5.41) is 2.24. The number of nitrogens with zero attached hydrogens (tertiary/aromatic N) is 1. The van der Waals surface area contributed by atoms with Gasteiger partial charge in [-0.3, -0.25) is 9.78 Å². The Balaban J connectivity index is 1.64. The maximum atomic E-state index is 13.1. The normalized spacial score (nSPS) is 11.1. The van der Waals surface area contributed by atoms with Crippen LogP contribution < -0.4 is 14.8 Å². The first kappa shape index (κ1) is 22.5. The number of rotatable bonds is 8. The average molecular weight is 448 g/mol. The Labute approximate surface area is 181 Å². The lowest BCUT2D eigenvalue weighted by atomic mass is 10.1. The van der Waals surface area contributed by atoms with Crippen LogP contribution in [0.2, 0.25) is 0 Å². The molecule has 3 aromatic rings. The maximum absolute atomic E-state index is 13.1. The number of ether oxygens (including phenoxy) is 2. The molecule has 0 unspecified atom stereocenters. The fourth-order valence-electron chi connectivity index (χ4n) is 2.65. The van der Waals surface area contributed by atoms with Crippen molar-refractivity contribution in [2.24, 2.45) is 0 Å². The van der Waals surface area contributed by atoms with Gasteiger partial charge in [-0.25, -0.2) is 0 Å². The van der Waals surface area contributed by atoms with Crippen LogP contribution in [-0.2, 0) is 16.7 Å². The van der Waals surface area contributed by atoms with Crippen molar-refractivity contribution in [3.63, 3.8) is 0 Å². The molecule has 1 aromatic heterocycles. The van der Waals surface area contributed by atoms with Crippen LogP contribution in [0, 0.1) is 0 Å². The van der Waals surface area contributed by atoms with Crippen molar-refractivity contribution in [3.05, 3.63) is 78.1 Å². The van der Waals surface area contributed by atoms with Gasteiger partial charge >= 0.3 is 6.18 Å². The van der Waals surface area contributed by atoms with Crippen LogP contribution in [-0.4, -0.2) is 24.6 Å². The lowest BCUT2D eigenvalue weighted by Gasteiger charge is -2.15. The largest absolute Gasteiger partial charge is 0.491 e. The topological polar surface area (TPSA) is 60.5 Å². The molecule has 0 saturated heterocycles. The summed E-state index contributed by atoms with van der Waals surface area (Å²) in [5.41, 5.74) is -0.553. The van der Waals surface area contributed by atoms with Crippen molar-refractivity contribution in [1.29, 1.82) is 0 Å². The van der Waals surface area contributed by atoms with Gasteiger partial charge in [-0.05, 0) is 24.3 Å². The highest BCUT2D eigenvalue weighted by Gasteiger charge is 2.33. The number of para-hydroxylation sites is 1. The highest BCUT2D eigenvalue weighted by atomic mass is 32.2. The van der Waals surface area contributed by atoms with E-state index in [1.807, 2.05) is 30.3 Å². The fraction of sp³-hybridized carbons (Fsp3) is 0.182. The molecule has 1 amide bonds. The number of hydrogen-bond donors (Lipinski definition) is 1. The summed E-state index contributed by atoms with van der Waals surface area (Å²) in [5.74, 6) is 0.434. The number of alkyl halides is 3. The maximum Gasteiger partial charge on any atom is 0.418 e. The fourth-order valence-corrected chi connectivity index (χ4v) is 3.47. The Morgan fingerprint density at radius 1 is 1.06 bits per heavy atom. The van der Waals surface area contributed by atoms with Gasteiger partial charge in [-0.15, -0.1) is 11.8 Å². The number of pyridine rings is 1. The van der Waals surface area contributed by atoms with Crippen LogP contribution in [0.25, 0.3) is 0 Å². The Morgan fingerprint density at radius 3 is 2.48 bits per heavy atom. The van der Waals surface area contributed by atoms with Crippen LogP contribution in [0.15, 0.2) is 71.8 Å². The first-order valence-corrected chi connectivity index (χ1v) is 10.1. The van der Waals surface area contributed by atoms with Crippen LogP contribution in [0.4, 0.5) is 18.9 Å². The van der Waals surface area contributed by atoms with Gasteiger partial charge in [0, 0.05) is 16.7 Å². The first-order valence-electron chi connectivity index (χ1n) is 9.16. The Kier molecular flexibility index (Phi) is 7.41. The summed E-state index contributed by atoms with van der Waals surface area (Å²) < 4.78 is 50.0. The molecular weight excluding hydrogens is 429 g/mol. The van der Waals surface area contributed by atoms with Gasteiger partial charge in [0.15, 0.2) is 18.1 Å². The summed E-state index contributed by atoms with van der Waals surface area (Å²) in [6.07, 6.45) is -3.10. The highest BCUT2D eigenvalue weighted by molar-refractivity contribution is 7.98. The molecule has 0 aliphatic heterocycles. The van der Waals surface area contributed by atoms with E-state index in [1.54, 1.807) is 17.8 Å². The van der Waals surface area contributed by atoms with Crippen molar-refractivity contribution >= 4 is 23.4 Å². The van der Waals surface area contributed by atoms with E-state index in [0.717, 1.165) is 11.0 Å². The van der Waals surface area contributed by atoms with Crippen molar-refractivity contribution in [2.75, 3.05) is 19.0 Å². The molecule has 31 heavy (non-hydrogen) atoms. The second-order valence-corrected chi connectivity index (χ2v) is 7.36. The number of nitrogens with one attached hydrogen (secondary N) is 1. The Hall–Kier alpha value is -3.20. The van der Waals surface area contributed by atoms with E-state index in [1.165, 1.54) is 31.5 Å². The minimum atomic E-state index is -4.58. The molecule has 0 atom stereocenters. The number of thioether (sulfide) groups is 1. The molecule has 9 heteroatoms. The molecule has 5 nitrogen and oxygen atoms in total. The second-order valence-electron chi connectivity index (χ2n) is 6.31. The summed E-state index contributed by atoms with van der Waals surface area (Å²) in [6.45, 7) is -0.488. The van der Waals surface area contributed by atoms with E-state index in [4.69, 9.17) is 9.47 Å². The molecule has 0 aliphatic rings. The molecule has 0 aliphatic carbocycles. The molecule has 1 N–H and O–H groups in total. The van der Waals surface area contributed by atoms with E-state index >= 15 is 0 Å².